The van der Waals surface area contributed by atoms with Crippen molar-refractivity contribution in [1.29, 1.82) is 0 Å². The highest BCUT2D eigenvalue weighted by Gasteiger charge is 2.51. The van der Waals surface area contributed by atoms with Gasteiger partial charge in [-0.3, -0.25) is 4.90 Å². The monoisotopic (exact) mass is 314 g/mol. The Hall–Kier alpha value is -1.06. The Bertz CT molecular complexity index is 583. The molecule has 0 radical (unpaired) electrons. The van der Waals surface area contributed by atoms with Crippen LogP contribution in [0, 0.1) is 11.8 Å². The molecule has 0 spiro atoms. The van der Waals surface area contributed by atoms with Crippen LogP contribution in [0.3, 0.4) is 0 Å². The van der Waals surface area contributed by atoms with E-state index in [1.807, 2.05) is 0 Å². The number of nitrogens with two attached hydrogens (primary N) is 1. The fourth-order valence-corrected chi connectivity index (χ4v) is 5.26. The largest absolute Gasteiger partial charge is 0.497 e. The van der Waals surface area contributed by atoms with Gasteiger partial charge in [0.25, 0.3) is 0 Å². The molecule has 1 saturated carbocycles. The van der Waals surface area contributed by atoms with Crippen molar-refractivity contribution < 1.29 is 4.74 Å². The summed E-state index contributed by atoms with van der Waals surface area (Å²) in [6.45, 7) is 5.81. The molecule has 1 aromatic rings. The first kappa shape index (κ1) is 15.5. The third-order valence-corrected chi connectivity index (χ3v) is 6.83. The van der Waals surface area contributed by atoms with Crippen LogP contribution in [0.15, 0.2) is 18.2 Å². The van der Waals surface area contributed by atoms with Gasteiger partial charge in [0.05, 0.1) is 7.11 Å². The van der Waals surface area contributed by atoms with E-state index in [4.69, 9.17) is 10.5 Å². The Balaban J connectivity index is 1.73. The molecule has 3 unspecified atom stereocenters. The molecule has 1 saturated heterocycles. The second kappa shape index (κ2) is 5.78. The molecule has 126 valence electrons. The van der Waals surface area contributed by atoms with Crippen LogP contribution < -0.4 is 10.5 Å². The maximum Gasteiger partial charge on any atom is 0.119 e. The number of ether oxygens (including phenoxy) is 1. The van der Waals surface area contributed by atoms with Crippen LogP contribution in [0.2, 0.25) is 0 Å². The van der Waals surface area contributed by atoms with E-state index in [1.165, 1.54) is 49.9 Å². The minimum absolute atomic E-state index is 0.252. The van der Waals surface area contributed by atoms with Crippen molar-refractivity contribution in [2.75, 3.05) is 26.7 Å². The first-order chi connectivity index (χ1) is 11.2. The quantitative estimate of drug-likeness (QED) is 0.908. The minimum atomic E-state index is 0.252. The van der Waals surface area contributed by atoms with Gasteiger partial charge in [-0.15, -0.1) is 0 Å². The topological polar surface area (TPSA) is 38.5 Å². The second-order valence-corrected chi connectivity index (χ2v) is 7.97. The molecule has 3 atom stereocenters. The van der Waals surface area contributed by atoms with Crippen molar-refractivity contribution in [3.05, 3.63) is 29.3 Å². The Morgan fingerprint density at radius 3 is 2.87 bits per heavy atom. The summed E-state index contributed by atoms with van der Waals surface area (Å²) in [5.74, 6) is 2.64. The SMILES string of the molecule is COc1ccc2c(c1)C1(CCN)CCN(CC3CC3)C(C2)C1C. The molecule has 2 aliphatic carbocycles. The molecule has 3 aliphatic rings. The zero-order valence-corrected chi connectivity index (χ0v) is 14.6. The summed E-state index contributed by atoms with van der Waals surface area (Å²) in [7, 11) is 1.77. The van der Waals surface area contributed by atoms with Crippen molar-refractivity contribution in [2.45, 2.75) is 50.5 Å². The molecule has 4 rings (SSSR count). The first-order valence-corrected chi connectivity index (χ1v) is 9.29. The number of hydrogen-bond donors (Lipinski definition) is 1. The Morgan fingerprint density at radius 1 is 1.35 bits per heavy atom. The van der Waals surface area contributed by atoms with E-state index in [-0.39, 0.29) is 5.41 Å². The summed E-state index contributed by atoms with van der Waals surface area (Å²) in [6.07, 6.45) is 6.43. The van der Waals surface area contributed by atoms with Crippen LogP contribution in [-0.4, -0.2) is 37.7 Å². The third kappa shape index (κ3) is 2.49. The zero-order valence-electron chi connectivity index (χ0n) is 14.6. The average Bonchev–Trinajstić information content (AvgIpc) is 3.37. The van der Waals surface area contributed by atoms with Crippen molar-refractivity contribution in [3.63, 3.8) is 0 Å². The summed E-state index contributed by atoms with van der Waals surface area (Å²) in [5.41, 5.74) is 9.37. The first-order valence-electron chi connectivity index (χ1n) is 9.29. The predicted molar refractivity (Wildman–Crippen MR) is 93.9 cm³/mol. The van der Waals surface area contributed by atoms with E-state index < -0.39 is 0 Å². The third-order valence-electron chi connectivity index (χ3n) is 6.83. The predicted octanol–water partition coefficient (Wildman–Crippen LogP) is 2.96. The van der Waals surface area contributed by atoms with Crippen molar-refractivity contribution in [2.24, 2.45) is 17.6 Å². The summed E-state index contributed by atoms with van der Waals surface area (Å²) < 4.78 is 5.52. The van der Waals surface area contributed by atoms with Gasteiger partial charge in [0.2, 0.25) is 0 Å². The summed E-state index contributed by atoms with van der Waals surface area (Å²) in [6, 6.07) is 7.43. The Kier molecular flexibility index (Phi) is 3.89. The maximum atomic E-state index is 6.06. The van der Waals surface area contributed by atoms with Crippen LogP contribution in [0.4, 0.5) is 0 Å². The van der Waals surface area contributed by atoms with E-state index >= 15 is 0 Å². The fraction of sp³-hybridized carbons (Fsp3) is 0.700. The fourth-order valence-electron chi connectivity index (χ4n) is 5.26. The molecule has 3 nitrogen and oxygen atoms in total. The summed E-state index contributed by atoms with van der Waals surface area (Å²) in [5, 5.41) is 0. The molecule has 0 amide bonds. The van der Waals surface area contributed by atoms with Crippen molar-refractivity contribution in [1.82, 2.24) is 4.90 Å². The van der Waals surface area contributed by atoms with Gasteiger partial charge in [0, 0.05) is 18.0 Å². The van der Waals surface area contributed by atoms with Gasteiger partial charge < -0.3 is 10.5 Å². The maximum absolute atomic E-state index is 6.06. The van der Waals surface area contributed by atoms with Crippen LogP contribution in [0.5, 0.6) is 5.75 Å². The van der Waals surface area contributed by atoms with Gasteiger partial charge in [-0.25, -0.2) is 0 Å². The molecular weight excluding hydrogens is 284 g/mol. The molecule has 2 fully saturated rings. The smallest absolute Gasteiger partial charge is 0.119 e. The van der Waals surface area contributed by atoms with Crippen molar-refractivity contribution >= 4 is 0 Å². The number of benzene rings is 1. The van der Waals surface area contributed by atoms with Gasteiger partial charge >= 0.3 is 0 Å². The number of rotatable bonds is 5. The number of likely N-dealkylation sites (tertiary alicyclic amines) is 1. The van der Waals surface area contributed by atoms with Crippen LogP contribution in [-0.2, 0) is 11.8 Å². The molecule has 1 aliphatic heterocycles. The van der Waals surface area contributed by atoms with Gasteiger partial charge in [0.1, 0.15) is 5.75 Å². The molecule has 1 aromatic carbocycles. The standard InChI is InChI=1S/C20H30N2O/c1-14-19-11-16-5-6-17(23-2)12-18(16)20(14,7-9-21)8-10-22(19)13-15-3-4-15/h5-6,12,14-15,19H,3-4,7-11,13,21H2,1-2H3. The molecule has 1 heterocycles. The molecule has 3 heteroatoms. The highest BCUT2D eigenvalue weighted by Crippen LogP contribution is 2.52. The summed E-state index contributed by atoms with van der Waals surface area (Å²) >= 11 is 0. The summed E-state index contributed by atoms with van der Waals surface area (Å²) in [4.78, 5) is 2.80. The van der Waals surface area contributed by atoms with E-state index in [1.54, 1.807) is 7.11 Å². The van der Waals surface area contributed by atoms with Gasteiger partial charge in [0.15, 0.2) is 0 Å². The van der Waals surface area contributed by atoms with E-state index in [0.29, 0.717) is 12.0 Å². The Morgan fingerprint density at radius 2 is 2.17 bits per heavy atom. The number of methoxy groups -OCH3 is 1. The number of fused-ring (bicyclic) bond motifs is 4. The van der Waals surface area contributed by atoms with E-state index in [9.17, 15) is 0 Å². The molecule has 23 heavy (non-hydrogen) atoms. The number of piperidine rings is 1. The highest BCUT2D eigenvalue weighted by molar-refractivity contribution is 5.45. The molecule has 2 bridgehead atoms. The lowest BCUT2D eigenvalue weighted by atomic mass is 9.56. The lowest BCUT2D eigenvalue weighted by molar-refractivity contribution is 0.0168. The van der Waals surface area contributed by atoms with Crippen molar-refractivity contribution in [3.8, 4) is 5.75 Å². The van der Waals surface area contributed by atoms with Crippen LogP contribution in [0.1, 0.15) is 43.7 Å². The lowest BCUT2D eigenvalue weighted by Gasteiger charge is -2.56. The average molecular weight is 314 g/mol. The highest BCUT2D eigenvalue weighted by atomic mass is 16.5. The molecular formula is C20H30N2O. The minimum Gasteiger partial charge on any atom is -0.497 e. The second-order valence-electron chi connectivity index (χ2n) is 7.97. The van der Waals surface area contributed by atoms with Gasteiger partial charge in [-0.1, -0.05) is 13.0 Å². The Labute approximate surface area is 140 Å². The van der Waals surface area contributed by atoms with Gasteiger partial charge in [-0.05, 0) is 80.3 Å². The lowest BCUT2D eigenvalue weighted by Crippen LogP contribution is -2.59. The van der Waals surface area contributed by atoms with Gasteiger partial charge in [-0.2, -0.15) is 0 Å². The number of nitrogens with zero attached hydrogens (tertiary/aromatic N) is 1. The zero-order chi connectivity index (χ0) is 16.0. The van der Waals surface area contributed by atoms with E-state index in [2.05, 4.69) is 30.0 Å². The van der Waals surface area contributed by atoms with Crippen LogP contribution >= 0.6 is 0 Å². The molecule has 0 aromatic heterocycles. The normalized spacial score (nSPS) is 33.3. The van der Waals surface area contributed by atoms with Crippen LogP contribution in [0.25, 0.3) is 0 Å². The number of hydrogen-bond acceptors (Lipinski definition) is 3. The molecule has 2 N–H and O–H groups in total. The van der Waals surface area contributed by atoms with E-state index in [0.717, 1.165) is 24.6 Å².